The monoisotopic (exact) mass is 269 g/mol. The summed E-state index contributed by atoms with van der Waals surface area (Å²) in [5.41, 5.74) is 7.32. The molecule has 0 heterocycles. The van der Waals surface area contributed by atoms with Gasteiger partial charge in [0.2, 0.25) is 0 Å². The number of nitrogens with two attached hydrogens (primary N) is 1. The lowest BCUT2D eigenvalue weighted by Gasteiger charge is -2.20. The van der Waals surface area contributed by atoms with Crippen molar-refractivity contribution in [2.45, 2.75) is 44.3 Å². The van der Waals surface area contributed by atoms with E-state index in [1.165, 1.54) is 24.1 Å². The van der Waals surface area contributed by atoms with Gasteiger partial charge in [0.15, 0.2) is 0 Å². The highest BCUT2D eigenvalue weighted by molar-refractivity contribution is 5.28. The molecule has 0 radical (unpaired) electrons. The SMILES string of the molecule is NC(Cc1cccc(C(F)(F)F)c1)C1=CCCCC1. The maximum absolute atomic E-state index is 12.6. The molecule has 1 unspecified atom stereocenters. The molecule has 0 spiro atoms. The number of alkyl halides is 3. The van der Waals surface area contributed by atoms with Gasteiger partial charge in [-0.1, -0.05) is 29.8 Å². The Hall–Kier alpha value is -1.29. The molecule has 0 saturated heterocycles. The second-order valence-corrected chi connectivity index (χ2v) is 5.03. The Morgan fingerprint density at radius 2 is 2.00 bits per heavy atom. The second-order valence-electron chi connectivity index (χ2n) is 5.03. The lowest BCUT2D eigenvalue weighted by atomic mass is 9.90. The molecule has 0 amide bonds. The number of halogens is 3. The molecule has 2 rings (SSSR count). The molecule has 19 heavy (non-hydrogen) atoms. The topological polar surface area (TPSA) is 26.0 Å². The third-order valence-corrected chi connectivity index (χ3v) is 3.51. The minimum Gasteiger partial charge on any atom is -0.324 e. The number of rotatable bonds is 3. The molecule has 0 fully saturated rings. The van der Waals surface area contributed by atoms with Gasteiger partial charge in [-0.3, -0.25) is 0 Å². The number of benzene rings is 1. The maximum atomic E-state index is 12.6. The lowest BCUT2D eigenvalue weighted by molar-refractivity contribution is -0.137. The first-order valence-corrected chi connectivity index (χ1v) is 6.57. The third kappa shape index (κ3) is 3.83. The van der Waals surface area contributed by atoms with Gasteiger partial charge in [0.1, 0.15) is 0 Å². The standard InChI is InChI=1S/C15H18F3N/c16-15(17,18)13-8-4-5-11(9-13)10-14(19)12-6-2-1-3-7-12/h4-6,8-9,14H,1-3,7,10,19H2. The molecule has 1 aromatic carbocycles. The van der Waals surface area contributed by atoms with Crippen LogP contribution in [0.15, 0.2) is 35.9 Å². The quantitative estimate of drug-likeness (QED) is 0.822. The van der Waals surface area contributed by atoms with Crippen molar-refractivity contribution in [1.29, 1.82) is 0 Å². The van der Waals surface area contributed by atoms with Crippen LogP contribution in [-0.4, -0.2) is 6.04 Å². The van der Waals surface area contributed by atoms with Crippen LogP contribution in [0.5, 0.6) is 0 Å². The molecule has 0 saturated carbocycles. The Morgan fingerprint density at radius 3 is 2.63 bits per heavy atom. The average Bonchev–Trinajstić information content (AvgIpc) is 2.39. The largest absolute Gasteiger partial charge is 0.416 e. The van der Waals surface area contributed by atoms with Crippen LogP contribution in [0.1, 0.15) is 36.8 Å². The van der Waals surface area contributed by atoms with Gasteiger partial charge in [-0.2, -0.15) is 13.2 Å². The Kier molecular flexibility index (Phi) is 4.30. The van der Waals surface area contributed by atoms with Gasteiger partial charge in [-0.05, 0) is 43.7 Å². The second kappa shape index (κ2) is 5.78. The van der Waals surface area contributed by atoms with Gasteiger partial charge < -0.3 is 5.73 Å². The molecule has 4 heteroatoms. The Morgan fingerprint density at radius 1 is 1.21 bits per heavy atom. The van der Waals surface area contributed by atoms with Crippen LogP contribution in [0.3, 0.4) is 0 Å². The zero-order valence-electron chi connectivity index (χ0n) is 10.7. The van der Waals surface area contributed by atoms with E-state index in [0.717, 1.165) is 25.3 Å². The van der Waals surface area contributed by atoms with Gasteiger partial charge in [0.25, 0.3) is 0 Å². The first-order valence-electron chi connectivity index (χ1n) is 6.57. The predicted molar refractivity (Wildman–Crippen MR) is 69.7 cm³/mol. The number of hydrogen-bond donors (Lipinski definition) is 1. The van der Waals surface area contributed by atoms with E-state index in [0.29, 0.717) is 12.0 Å². The van der Waals surface area contributed by atoms with E-state index < -0.39 is 11.7 Å². The van der Waals surface area contributed by atoms with Crippen LogP contribution in [0.2, 0.25) is 0 Å². The lowest BCUT2D eigenvalue weighted by Crippen LogP contribution is -2.26. The van der Waals surface area contributed by atoms with Crippen LogP contribution in [-0.2, 0) is 12.6 Å². The van der Waals surface area contributed by atoms with Gasteiger partial charge in [0, 0.05) is 6.04 Å². The van der Waals surface area contributed by atoms with Crippen molar-refractivity contribution >= 4 is 0 Å². The van der Waals surface area contributed by atoms with Gasteiger partial charge in [-0.15, -0.1) is 0 Å². The maximum Gasteiger partial charge on any atom is 0.416 e. The molecule has 0 aliphatic heterocycles. The zero-order chi connectivity index (χ0) is 13.9. The van der Waals surface area contributed by atoms with Crippen LogP contribution in [0, 0.1) is 0 Å². The summed E-state index contributed by atoms with van der Waals surface area (Å²) in [5.74, 6) is 0. The van der Waals surface area contributed by atoms with E-state index in [2.05, 4.69) is 6.08 Å². The summed E-state index contributed by atoms with van der Waals surface area (Å²) in [6.07, 6.45) is 2.63. The number of allylic oxidation sites excluding steroid dienone is 1. The highest BCUT2D eigenvalue weighted by atomic mass is 19.4. The van der Waals surface area contributed by atoms with Crippen LogP contribution < -0.4 is 5.73 Å². The summed E-state index contributed by atoms with van der Waals surface area (Å²) in [6, 6.07) is 5.28. The molecule has 104 valence electrons. The van der Waals surface area contributed by atoms with Gasteiger partial charge in [0.05, 0.1) is 5.56 Å². The molecule has 1 atom stereocenters. The molecule has 1 aliphatic rings. The van der Waals surface area contributed by atoms with E-state index in [-0.39, 0.29) is 6.04 Å². The molecular formula is C15H18F3N. The minimum atomic E-state index is -4.29. The summed E-state index contributed by atoms with van der Waals surface area (Å²) < 4.78 is 37.9. The molecular weight excluding hydrogens is 251 g/mol. The van der Waals surface area contributed by atoms with Gasteiger partial charge >= 0.3 is 6.18 Å². The summed E-state index contributed by atoms with van der Waals surface area (Å²) in [5, 5.41) is 0. The van der Waals surface area contributed by atoms with E-state index in [1.54, 1.807) is 6.07 Å². The van der Waals surface area contributed by atoms with Crippen molar-refractivity contribution in [1.82, 2.24) is 0 Å². The first-order chi connectivity index (χ1) is 8.97. The fourth-order valence-corrected chi connectivity index (χ4v) is 2.46. The molecule has 1 aliphatic carbocycles. The fourth-order valence-electron chi connectivity index (χ4n) is 2.46. The molecule has 1 aromatic rings. The highest BCUT2D eigenvalue weighted by Crippen LogP contribution is 2.30. The Balaban J connectivity index is 2.08. The first kappa shape index (κ1) is 14.1. The van der Waals surface area contributed by atoms with Crippen molar-refractivity contribution in [3.8, 4) is 0 Å². The van der Waals surface area contributed by atoms with E-state index in [4.69, 9.17) is 5.73 Å². The van der Waals surface area contributed by atoms with Crippen molar-refractivity contribution in [3.05, 3.63) is 47.0 Å². The normalized spacial score (nSPS) is 18.0. The Bertz CT molecular complexity index is 463. The highest BCUT2D eigenvalue weighted by Gasteiger charge is 2.30. The summed E-state index contributed by atoms with van der Waals surface area (Å²) in [6.45, 7) is 0. The van der Waals surface area contributed by atoms with Crippen LogP contribution in [0.25, 0.3) is 0 Å². The van der Waals surface area contributed by atoms with Crippen LogP contribution >= 0.6 is 0 Å². The zero-order valence-corrected chi connectivity index (χ0v) is 10.7. The summed E-state index contributed by atoms with van der Waals surface area (Å²) in [4.78, 5) is 0. The molecule has 0 aromatic heterocycles. The molecule has 1 nitrogen and oxygen atoms in total. The van der Waals surface area contributed by atoms with Crippen molar-refractivity contribution < 1.29 is 13.2 Å². The molecule has 2 N–H and O–H groups in total. The van der Waals surface area contributed by atoms with Crippen molar-refractivity contribution in [3.63, 3.8) is 0 Å². The Labute approximate surface area is 111 Å². The predicted octanol–water partition coefficient (Wildman–Crippen LogP) is 4.08. The van der Waals surface area contributed by atoms with Crippen molar-refractivity contribution in [2.75, 3.05) is 0 Å². The van der Waals surface area contributed by atoms with Gasteiger partial charge in [-0.25, -0.2) is 0 Å². The molecule has 0 bridgehead atoms. The van der Waals surface area contributed by atoms with Crippen LogP contribution in [0.4, 0.5) is 13.2 Å². The van der Waals surface area contributed by atoms with E-state index >= 15 is 0 Å². The average molecular weight is 269 g/mol. The van der Waals surface area contributed by atoms with E-state index in [1.807, 2.05) is 0 Å². The fraction of sp³-hybridized carbons (Fsp3) is 0.467. The smallest absolute Gasteiger partial charge is 0.324 e. The van der Waals surface area contributed by atoms with E-state index in [9.17, 15) is 13.2 Å². The minimum absolute atomic E-state index is 0.163. The summed E-state index contributed by atoms with van der Waals surface area (Å²) >= 11 is 0. The number of hydrogen-bond acceptors (Lipinski definition) is 1. The third-order valence-electron chi connectivity index (χ3n) is 3.51. The van der Waals surface area contributed by atoms with Crippen molar-refractivity contribution in [2.24, 2.45) is 5.73 Å². The summed E-state index contributed by atoms with van der Waals surface area (Å²) in [7, 11) is 0.